The lowest BCUT2D eigenvalue weighted by Crippen LogP contribution is -2.23. The second-order valence-corrected chi connectivity index (χ2v) is 7.63. The van der Waals surface area contributed by atoms with Gasteiger partial charge in [0.05, 0.1) is 17.8 Å². The summed E-state index contributed by atoms with van der Waals surface area (Å²) < 4.78 is 6.85. The van der Waals surface area contributed by atoms with Crippen molar-refractivity contribution >= 4 is 17.7 Å². The lowest BCUT2D eigenvalue weighted by atomic mass is 10.1. The van der Waals surface area contributed by atoms with E-state index in [4.69, 9.17) is 4.52 Å². The molecule has 0 fully saturated rings. The van der Waals surface area contributed by atoms with Gasteiger partial charge in [-0.1, -0.05) is 41.2 Å². The fraction of sp³-hybridized carbons (Fsp3) is 0.190. The van der Waals surface area contributed by atoms with Gasteiger partial charge in [0.15, 0.2) is 0 Å². The Morgan fingerprint density at radius 3 is 2.90 bits per heavy atom. The first-order valence-corrected chi connectivity index (χ1v) is 10.3. The summed E-state index contributed by atoms with van der Waals surface area (Å²) in [6.07, 6.45) is 4.87. The van der Waals surface area contributed by atoms with Crippen molar-refractivity contribution in [3.63, 3.8) is 0 Å². The van der Waals surface area contributed by atoms with Gasteiger partial charge in [0.25, 0.3) is 5.91 Å². The predicted molar refractivity (Wildman–Crippen MR) is 112 cm³/mol. The molecule has 0 unspecified atom stereocenters. The van der Waals surface area contributed by atoms with Crippen molar-refractivity contribution in [3.8, 4) is 0 Å². The molecule has 1 N–H and O–H groups in total. The number of hydrogen-bond donors (Lipinski definition) is 1. The number of nitrogens with zero attached hydrogens (tertiary/aromatic N) is 5. The van der Waals surface area contributed by atoms with Crippen molar-refractivity contribution in [3.05, 3.63) is 89.5 Å². The highest BCUT2D eigenvalue weighted by Crippen LogP contribution is 2.24. The standard InChI is InChI=1S/C21H20N6O2S/c1-15-8-18(26-29-15)12-30-21-19(6-3-7-23-21)20(28)24-10-16-4-2-5-17(9-16)11-27-14-22-13-25-27/h2-9,13-14H,10-12H2,1H3,(H,24,28). The maximum Gasteiger partial charge on any atom is 0.254 e. The molecule has 0 saturated carbocycles. The summed E-state index contributed by atoms with van der Waals surface area (Å²) in [6.45, 7) is 2.90. The van der Waals surface area contributed by atoms with Crippen LogP contribution in [0.3, 0.4) is 0 Å². The number of amides is 1. The van der Waals surface area contributed by atoms with Gasteiger partial charge in [0, 0.05) is 24.6 Å². The van der Waals surface area contributed by atoms with E-state index >= 15 is 0 Å². The summed E-state index contributed by atoms with van der Waals surface area (Å²) in [6, 6.07) is 13.4. The van der Waals surface area contributed by atoms with Gasteiger partial charge in [-0.25, -0.2) is 14.6 Å². The van der Waals surface area contributed by atoms with Gasteiger partial charge in [-0.2, -0.15) is 5.10 Å². The Morgan fingerprint density at radius 1 is 1.20 bits per heavy atom. The Hall–Kier alpha value is -3.46. The van der Waals surface area contributed by atoms with E-state index in [1.54, 1.807) is 29.3 Å². The van der Waals surface area contributed by atoms with Gasteiger partial charge in [-0.05, 0) is 30.2 Å². The second kappa shape index (κ2) is 9.36. The molecule has 152 valence electrons. The monoisotopic (exact) mass is 420 g/mol. The second-order valence-electron chi connectivity index (χ2n) is 6.67. The molecule has 0 aliphatic rings. The molecule has 30 heavy (non-hydrogen) atoms. The number of carbonyl (C=O) groups is 1. The third kappa shape index (κ3) is 5.12. The van der Waals surface area contributed by atoms with Gasteiger partial charge in [-0.3, -0.25) is 4.79 Å². The molecule has 3 heterocycles. The maximum atomic E-state index is 12.8. The summed E-state index contributed by atoms with van der Waals surface area (Å²) in [5.74, 6) is 1.18. The van der Waals surface area contributed by atoms with Gasteiger partial charge in [0.1, 0.15) is 23.4 Å². The molecule has 0 spiro atoms. The Labute approximate surface area is 177 Å². The van der Waals surface area contributed by atoms with Gasteiger partial charge in [-0.15, -0.1) is 0 Å². The zero-order chi connectivity index (χ0) is 20.8. The molecule has 0 radical (unpaired) electrons. The van der Waals surface area contributed by atoms with Crippen LogP contribution >= 0.6 is 11.8 Å². The molecule has 8 nitrogen and oxygen atoms in total. The number of pyridine rings is 1. The van der Waals surface area contributed by atoms with Crippen molar-refractivity contribution in [1.29, 1.82) is 0 Å². The first-order chi connectivity index (χ1) is 14.7. The molecule has 0 aliphatic carbocycles. The zero-order valence-corrected chi connectivity index (χ0v) is 17.2. The smallest absolute Gasteiger partial charge is 0.254 e. The van der Waals surface area contributed by atoms with Crippen LogP contribution in [-0.2, 0) is 18.8 Å². The van der Waals surface area contributed by atoms with E-state index in [0.29, 0.717) is 29.4 Å². The highest BCUT2D eigenvalue weighted by atomic mass is 32.2. The summed E-state index contributed by atoms with van der Waals surface area (Å²) >= 11 is 1.46. The van der Waals surface area contributed by atoms with Crippen LogP contribution in [0.5, 0.6) is 0 Å². The quantitative estimate of drug-likeness (QED) is 0.437. The number of aromatic nitrogens is 5. The van der Waals surface area contributed by atoms with Gasteiger partial charge in [0.2, 0.25) is 0 Å². The number of carbonyl (C=O) groups excluding carboxylic acids is 1. The first-order valence-electron chi connectivity index (χ1n) is 9.36. The summed E-state index contributed by atoms with van der Waals surface area (Å²) in [7, 11) is 0. The van der Waals surface area contributed by atoms with Crippen LogP contribution in [0.15, 0.2) is 70.9 Å². The Balaban J connectivity index is 1.38. The predicted octanol–water partition coefficient (Wildman–Crippen LogP) is 3.24. The van der Waals surface area contributed by atoms with Gasteiger partial charge >= 0.3 is 0 Å². The average molecular weight is 420 g/mol. The van der Waals surface area contributed by atoms with E-state index in [-0.39, 0.29) is 5.91 Å². The fourth-order valence-electron chi connectivity index (χ4n) is 2.92. The normalized spacial score (nSPS) is 10.8. The van der Waals surface area contributed by atoms with E-state index in [1.165, 1.54) is 18.1 Å². The minimum atomic E-state index is -0.163. The van der Waals surface area contributed by atoms with Crippen molar-refractivity contribution in [2.45, 2.75) is 30.8 Å². The molecule has 1 amide bonds. The Kier molecular flexibility index (Phi) is 6.19. The topological polar surface area (TPSA) is 98.7 Å². The third-order valence-corrected chi connectivity index (χ3v) is 5.34. The van der Waals surface area contributed by atoms with E-state index < -0.39 is 0 Å². The Morgan fingerprint density at radius 2 is 2.10 bits per heavy atom. The first kappa shape index (κ1) is 19.8. The largest absolute Gasteiger partial charge is 0.361 e. The van der Waals surface area contributed by atoms with E-state index in [2.05, 4.69) is 25.5 Å². The van der Waals surface area contributed by atoms with Crippen LogP contribution in [0.2, 0.25) is 0 Å². The fourth-order valence-corrected chi connectivity index (χ4v) is 3.80. The average Bonchev–Trinajstić information content (AvgIpc) is 3.42. The third-order valence-electron chi connectivity index (χ3n) is 4.30. The molecule has 9 heteroatoms. The molecule has 1 aromatic carbocycles. The molecule has 0 saturated heterocycles. The SMILES string of the molecule is Cc1cc(CSc2ncccc2C(=O)NCc2cccc(Cn3cncn3)c2)no1. The van der Waals surface area contributed by atoms with E-state index in [9.17, 15) is 4.79 Å². The molecular weight excluding hydrogens is 400 g/mol. The molecule has 0 bridgehead atoms. The van der Waals surface area contributed by atoms with Crippen molar-refractivity contribution < 1.29 is 9.32 Å². The van der Waals surface area contributed by atoms with Crippen LogP contribution < -0.4 is 5.32 Å². The minimum Gasteiger partial charge on any atom is -0.361 e. The number of rotatable bonds is 8. The minimum absolute atomic E-state index is 0.163. The molecule has 3 aromatic heterocycles. The number of aryl methyl sites for hydroxylation is 1. The molecule has 4 aromatic rings. The Bertz CT molecular complexity index is 1130. The van der Waals surface area contributed by atoms with Crippen molar-refractivity contribution in [1.82, 2.24) is 30.2 Å². The van der Waals surface area contributed by atoms with E-state index in [0.717, 1.165) is 22.6 Å². The lowest BCUT2D eigenvalue weighted by molar-refractivity contribution is 0.0947. The number of thioether (sulfide) groups is 1. The van der Waals surface area contributed by atoms with Crippen LogP contribution in [0.25, 0.3) is 0 Å². The van der Waals surface area contributed by atoms with Gasteiger partial charge < -0.3 is 9.84 Å². The molecular formula is C21H20N6O2S. The summed E-state index contributed by atoms with van der Waals surface area (Å²) in [5.41, 5.74) is 3.46. The zero-order valence-electron chi connectivity index (χ0n) is 16.4. The summed E-state index contributed by atoms with van der Waals surface area (Å²) in [4.78, 5) is 21.1. The number of nitrogens with one attached hydrogen (secondary N) is 1. The molecule has 0 atom stereocenters. The van der Waals surface area contributed by atoms with Crippen LogP contribution in [0.4, 0.5) is 0 Å². The van der Waals surface area contributed by atoms with Crippen LogP contribution in [0.1, 0.15) is 32.9 Å². The number of hydrogen-bond acceptors (Lipinski definition) is 7. The number of benzene rings is 1. The highest BCUT2D eigenvalue weighted by Gasteiger charge is 2.13. The van der Waals surface area contributed by atoms with Crippen molar-refractivity contribution in [2.24, 2.45) is 0 Å². The van der Waals surface area contributed by atoms with Crippen LogP contribution in [-0.4, -0.2) is 30.8 Å². The van der Waals surface area contributed by atoms with Crippen LogP contribution in [0, 0.1) is 6.92 Å². The van der Waals surface area contributed by atoms with Crippen molar-refractivity contribution in [2.75, 3.05) is 0 Å². The molecule has 0 aliphatic heterocycles. The van der Waals surface area contributed by atoms with E-state index in [1.807, 2.05) is 37.3 Å². The summed E-state index contributed by atoms with van der Waals surface area (Å²) in [5, 5.41) is 11.7. The highest BCUT2D eigenvalue weighted by molar-refractivity contribution is 7.98. The molecule has 4 rings (SSSR count). The lowest BCUT2D eigenvalue weighted by Gasteiger charge is -2.10. The maximum absolute atomic E-state index is 12.8.